The Morgan fingerprint density at radius 3 is 2.82 bits per heavy atom. The molecule has 1 aromatic carbocycles. The Bertz CT molecular complexity index is 670. The number of alkyl halides is 3. The molecular formula is C14H13F3N2O2S. The van der Waals surface area contributed by atoms with Crippen LogP contribution >= 0.6 is 11.5 Å². The Morgan fingerprint density at radius 1 is 1.45 bits per heavy atom. The molecule has 22 heavy (non-hydrogen) atoms. The van der Waals surface area contributed by atoms with Crippen molar-refractivity contribution >= 4 is 17.5 Å². The fourth-order valence-corrected chi connectivity index (χ4v) is 2.53. The zero-order valence-electron chi connectivity index (χ0n) is 11.5. The van der Waals surface area contributed by atoms with Crippen LogP contribution in [0.15, 0.2) is 30.5 Å². The van der Waals surface area contributed by atoms with Crippen LogP contribution in [0, 0.1) is 0 Å². The fraction of sp³-hybridized carbons (Fsp3) is 0.286. The van der Waals surface area contributed by atoms with Crippen LogP contribution in [-0.2, 0) is 12.7 Å². The lowest BCUT2D eigenvalue weighted by Crippen LogP contribution is -2.19. The van der Waals surface area contributed by atoms with E-state index in [0.717, 1.165) is 23.7 Å². The van der Waals surface area contributed by atoms with Gasteiger partial charge in [-0.25, -0.2) is 4.79 Å². The highest BCUT2D eigenvalue weighted by molar-refractivity contribution is 7.08. The van der Waals surface area contributed by atoms with Crippen molar-refractivity contribution in [2.75, 3.05) is 0 Å². The van der Waals surface area contributed by atoms with E-state index in [1.54, 1.807) is 13.0 Å². The van der Waals surface area contributed by atoms with Crippen LogP contribution in [-0.4, -0.2) is 15.4 Å². The summed E-state index contributed by atoms with van der Waals surface area (Å²) in [6.07, 6.45) is -2.94. The third-order valence-corrected chi connectivity index (χ3v) is 3.98. The number of benzene rings is 1. The maximum atomic E-state index is 12.7. The summed E-state index contributed by atoms with van der Waals surface area (Å²) in [5.41, 5.74) is 0.285. The summed E-state index contributed by atoms with van der Waals surface area (Å²) < 4.78 is 41.9. The molecule has 0 radical (unpaired) electrons. The number of nitrogens with zero attached hydrogens (tertiary/aromatic N) is 1. The Hall–Kier alpha value is -1.93. The van der Waals surface area contributed by atoms with Gasteiger partial charge < -0.3 is 10.4 Å². The van der Waals surface area contributed by atoms with Crippen molar-refractivity contribution in [2.24, 2.45) is 0 Å². The number of hydrogen-bond donors (Lipinski definition) is 2. The second-order valence-electron chi connectivity index (χ2n) is 4.71. The van der Waals surface area contributed by atoms with E-state index in [9.17, 15) is 18.0 Å². The van der Waals surface area contributed by atoms with Gasteiger partial charge in [0, 0.05) is 24.3 Å². The summed E-state index contributed by atoms with van der Waals surface area (Å²) in [5.74, 6) is -1.06. The lowest BCUT2D eigenvalue weighted by molar-refractivity contribution is -0.137. The van der Waals surface area contributed by atoms with E-state index >= 15 is 0 Å². The molecule has 0 fully saturated rings. The van der Waals surface area contributed by atoms with Crippen molar-refractivity contribution in [1.29, 1.82) is 0 Å². The van der Waals surface area contributed by atoms with Crippen LogP contribution in [0.25, 0.3) is 0 Å². The molecule has 118 valence electrons. The standard InChI is InChI=1S/C14H13F3N2O2S/c1-8(9-3-2-4-11(5-9)14(15,16)17)18-6-10-7-19-22-12(10)13(20)21/h2-5,7-8,18H,6H2,1H3,(H,20,21)/t8-/m0/s1. The Labute approximate surface area is 128 Å². The van der Waals surface area contributed by atoms with Gasteiger partial charge in [0.25, 0.3) is 0 Å². The van der Waals surface area contributed by atoms with Gasteiger partial charge in [0.2, 0.25) is 0 Å². The van der Waals surface area contributed by atoms with Crippen molar-refractivity contribution in [3.8, 4) is 0 Å². The smallest absolute Gasteiger partial charge is 0.416 e. The maximum Gasteiger partial charge on any atom is 0.416 e. The van der Waals surface area contributed by atoms with E-state index in [1.807, 2.05) is 0 Å². The largest absolute Gasteiger partial charge is 0.477 e. The first-order chi connectivity index (χ1) is 10.3. The van der Waals surface area contributed by atoms with Crippen LogP contribution in [0.2, 0.25) is 0 Å². The van der Waals surface area contributed by atoms with Crippen LogP contribution in [0.5, 0.6) is 0 Å². The molecule has 0 aliphatic rings. The second-order valence-corrected chi connectivity index (χ2v) is 5.51. The molecule has 4 nitrogen and oxygen atoms in total. The number of nitrogens with one attached hydrogen (secondary N) is 1. The molecule has 2 N–H and O–H groups in total. The predicted molar refractivity (Wildman–Crippen MR) is 75.8 cm³/mol. The third-order valence-electron chi connectivity index (χ3n) is 3.15. The predicted octanol–water partition coefficient (Wildman–Crippen LogP) is 3.71. The number of aromatic carboxylic acids is 1. The number of aromatic nitrogens is 1. The highest BCUT2D eigenvalue weighted by atomic mass is 32.1. The summed E-state index contributed by atoms with van der Waals surface area (Å²) in [5, 5.41) is 12.0. The first kappa shape index (κ1) is 16.4. The van der Waals surface area contributed by atoms with Gasteiger partial charge >= 0.3 is 12.1 Å². The van der Waals surface area contributed by atoms with Gasteiger partial charge in [0.1, 0.15) is 4.88 Å². The minimum atomic E-state index is -4.39. The number of halogens is 3. The average Bonchev–Trinajstić information content (AvgIpc) is 2.92. The third kappa shape index (κ3) is 3.83. The molecule has 0 saturated heterocycles. The summed E-state index contributed by atoms with van der Waals surface area (Å²) in [4.78, 5) is 11.1. The van der Waals surface area contributed by atoms with E-state index in [4.69, 9.17) is 5.11 Å². The van der Waals surface area contributed by atoms with E-state index in [2.05, 4.69) is 9.69 Å². The highest BCUT2D eigenvalue weighted by Crippen LogP contribution is 2.30. The minimum Gasteiger partial charge on any atom is -0.477 e. The average molecular weight is 330 g/mol. The Kier molecular flexibility index (Phi) is 4.82. The van der Waals surface area contributed by atoms with Crippen LogP contribution in [0.1, 0.15) is 39.3 Å². The Morgan fingerprint density at radius 2 is 2.18 bits per heavy atom. The van der Waals surface area contributed by atoms with Crippen molar-refractivity contribution in [2.45, 2.75) is 25.7 Å². The van der Waals surface area contributed by atoms with E-state index < -0.39 is 17.7 Å². The van der Waals surface area contributed by atoms with Gasteiger partial charge in [-0.05, 0) is 36.2 Å². The van der Waals surface area contributed by atoms with Crippen LogP contribution < -0.4 is 5.32 Å². The molecule has 0 aliphatic heterocycles. The Balaban J connectivity index is 2.08. The molecule has 0 spiro atoms. The molecular weight excluding hydrogens is 317 g/mol. The van der Waals surface area contributed by atoms with Gasteiger partial charge in [0.15, 0.2) is 0 Å². The number of carbonyl (C=O) groups is 1. The zero-order valence-corrected chi connectivity index (χ0v) is 12.3. The molecule has 0 amide bonds. The van der Waals surface area contributed by atoms with Gasteiger partial charge in [-0.3, -0.25) is 0 Å². The summed E-state index contributed by atoms with van der Waals surface area (Å²) in [7, 11) is 0. The van der Waals surface area contributed by atoms with E-state index in [-0.39, 0.29) is 17.5 Å². The number of carboxylic acid groups (broad SMARTS) is 1. The maximum absolute atomic E-state index is 12.7. The van der Waals surface area contributed by atoms with E-state index in [1.165, 1.54) is 12.3 Å². The molecule has 2 aromatic rings. The molecule has 0 saturated carbocycles. The van der Waals surface area contributed by atoms with E-state index in [0.29, 0.717) is 11.1 Å². The molecule has 0 aliphatic carbocycles. The zero-order chi connectivity index (χ0) is 16.3. The van der Waals surface area contributed by atoms with Crippen LogP contribution in [0.4, 0.5) is 13.2 Å². The van der Waals surface area contributed by atoms with Crippen molar-refractivity contribution in [3.63, 3.8) is 0 Å². The lowest BCUT2D eigenvalue weighted by atomic mass is 10.0. The van der Waals surface area contributed by atoms with Gasteiger partial charge in [-0.15, -0.1) is 0 Å². The molecule has 0 bridgehead atoms. The molecule has 1 atom stereocenters. The normalized spacial score (nSPS) is 13.1. The number of hydrogen-bond acceptors (Lipinski definition) is 4. The molecule has 0 unspecified atom stereocenters. The molecule has 8 heteroatoms. The number of rotatable bonds is 5. The monoisotopic (exact) mass is 330 g/mol. The number of carboxylic acids is 1. The lowest BCUT2D eigenvalue weighted by Gasteiger charge is -2.16. The summed E-state index contributed by atoms with van der Waals surface area (Å²) in [6.45, 7) is 1.94. The fourth-order valence-electron chi connectivity index (χ4n) is 1.93. The first-order valence-electron chi connectivity index (χ1n) is 6.36. The topological polar surface area (TPSA) is 62.2 Å². The summed E-state index contributed by atoms with van der Waals surface area (Å²) in [6, 6.07) is 4.69. The van der Waals surface area contributed by atoms with Crippen molar-refractivity contribution < 1.29 is 23.1 Å². The second kappa shape index (κ2) is 6.45. The molecule has 2 rings (SSSR count). The van der Waals surface area contributed by atoms with Crippen molar-refractivity contribution in [3.05, 3.63) is 52.0 Å². The highest BCUT2D eigenvalue weighted by Gasteiger charge is 2.30. The molecule has 1 aromatic heterocycles. The quantitative estimate of drug-likeness (QED) is 0.877. The minimum absolute atomic E-state index is 0.128. The van der Waals surface area contributed by atoms with Crippen LogP contribution in [0.3, 0.4) is 0 Å². The first-order valence-corrected chi connectivity index (χ1v) is 7.13. The van der Waals surface area contributed by atoms with Crippen molar-refractivity contribution in [1.82, 2.24) is 9.69 Å². The SMILES string of the molecule is C[C@H](NCc1cnsc1C(=O)O)c1cccc(C(F)(F)F)c1. The van der Waals surface area contributed by atoms with Gasteiger partial charge in [0.05, 0.1) is 5.56 Å². The van der Waals surface area contributed by atoms with Gasteiger partial charge in [-0.2, -0.15) is 17.5 Å². The summed E-state index contributed by atoms with van der Waals surface area (Å²) >= 11 is 0.873. The van der Waals surface area contributed by atoms with Gasteiger partial charge in [-0.1, -0.05) is 12.1 Å². The molecule has 1 heterocycles.